The number of fused-ring (bicyclic) bond motifs is 1. The van der Waals surface area contributed by atoms with Crippen molar-refractivity contribution < 1.29 is 9.59 Å². The van der Waals surface area contributed by atoms with E-state index in [4.69, 9.17) is 0 Å². The Hall–Kier alpha value is -2.46. The molecule has 1 heterocycles. The first-order valence-corrected chi connectivity index (χ1v) is 7.37. The number of ketones is 1. The van der Waals surface area contributed by atoms with Crippen LogP contribution in [0.1, 0.15) is 26.3 Å². The molecule has 1 aromatic heterocycles. The number of rotatable bonds is 3. The van der Waals surface area contributed by atoms with E-state index in [1.165, 1.54) is 18.3 Å². The number of amides is 1. The Kier molecular flexibility index (Phi) is 3.54. The van der Waals surface area contributed by atoms with Gasteiger partial charge in [-0.05, 0) is 30.5 Å². The number of carbonyl (C=O) groups excluding carboxylic acids is 2. The van der Waals surface area contributed by atoms with E-state index in [9.17, 15) is 9.59 Å². The molecule has 3 aromatic rings. The molecule has 0 fully saturated rings. The van der Waals surface area contributed by atoms with Gasteiger partial charge in [-0.15, -0.1) is 11.3 Å². The van der Waals surface area contributed by atoms with Crippen molar-refractivity contribution in [2.75, 3.05) is 5.32 Å². The minimum atomic E-state index is -0.191. The van der Waals surface area contributed by atoms with Crippen molar-refractivity contribution in [2.24, 2.45) is 0 Å². The van der Waals surface area contributed by atoms with Gasteiger partial charge >= 0.3 is 0 Å². The van der Waals surface area contributed by atoms with Gasteiger partial charge in [0.2, 0.25) is 0 Å². The highest BCUT2D eigenvalue weighted by atomic mass is 32.1. The predicted molar refractivity (Wildman–Crippen MR) is 86.2 cm³/mol. The van der Waals surface area contributed by atoms with Crippen LogP contribution in [0.2, 0.25) is 0 Å². The number of anilines is 1. The molecule has 1 amide bonds. The van der Waals surface area contributed by atoms with Gasteiger partial charge < -0.3 is 5.32 Å². The van der Waals surface area contributed by atoms with Gasteiger partial charge in [0.25, 0.3) is 5.91 Å². The van der Waals surface area contributed by atoms with Crippen LogP contribution in [-0.2, 0) is 0 Å². The molecular weight excluding hydrogens is 282 g/mol. The van der Waals surface area contributed by atoms with Gasteiger partial charge in [0.05, 0.1) is 9.75 Å². The third-order valence-electron chi connectivity index (χ3n) is 3.21. The summed E-state index contributed by atoms with van der Waals surface area (Å²) < 4.78 is 0. The van der Waals surface area contributed by atoms with Crippen molar-refractivity contribution in [1.29, 1.82) is 0 Å². The normalized spacial score (nSPS) is 10.5. The molecule has 3 rings (SSSR count). The standard InChI is InChI=1S/C17H13NO2S/c1-11(19)15-9-10-16(21-15)17(20)18-14-8-4-6-12-5-2-3-7-13(12)14/h2-10H,1H3,(H,18,20). The van der Waals surface area contributed by atoms with E-state index in [1.54, 1.807) is 12.1 Å². The lowest BCUT2D eigenvalue weighted by molar-refractivity contribution is 0.101. The largest absolute Gasteiger partial charge is 0.321 e. The molecule has 0 aliphatic carbocycles. The maximum atomic E-state index is 12.3. The Morgan fingerprint density at radius 1 is 0.905 bits per heavy atom. The SMILES string of the molecule is CC(=O)c1ccc(C(=O)Nc2cccc3ccccc23)s1. The lowest BCUT2D eigenvalue weighted by Gasteiger charge is -2.07. The molecule has 0 spiro atoms. The number of hydrogen-bond acceptors (Lipinski definition) is 3. The van der Waals surface area contributed by atoms with E-state index >= 15 is 0 Å². The van der Waals surface area contributed by atoms with E-state index in [-0.39, 0.29) is 11.7 Å². The molecule has 0 aliphatic heterocycles. The van der Waals surface area contributed by atoms with Gasteiger partial charge in [0, 0.05) is 11.1 Å². The molecular formula is C17H13NO2S. The molecule has 0 aliphatic rings. The zero-order valence-corrected chi connectivity index (χ0v) is 12.2. The summed E-state index contributed by atoms with van der Waals surface area (Å²) in [7, 11) is 0. The van der Waals surface area contributed by atoms with E-state index < -0.39 is 0 Å². The number of thiophene rings is 1. The Balaban J connectivity index is 1.91. The molecule has 0 saturated carbocycles. The van der Waals surface area contributed by atoms with Crippen LogP contribution in [0.5, 0.6) is 0 Å². The summed E-state index contributed by atoms with van der Waals surface area (Å²) >= 11 is 1.21. The fourth-order valence-electron chi connectivity index (χ4n) is 2.17. The monoisotopic (exact) mass is 295 g/mol. The molecule has 0 atom stereocenters. The van der Waals surface area contributed by atoms with Crippen molar-refractivity contribution in [3.8, 4) is 0 Å². The molecule has 3 nitrogen and oxygen atoms in total. The summed E-state index contributed by atoms with van der Waals surface area (Å²) in [6.07, 6.45) is 0. The first kappa shape index (κ1) is 13.5. The number of benzene rings is 2. The summed E-state index contributed by atoms with van der Waals surface area (Å²) in [5, 5.41) is 4.99. The van der Waals surface area contributed by atoms with Gasteiger partial charge in [0.1, 0.15) is 0 Å². The average Bonchev–Trinajstić information content (AvgIpc) is 2.98. The van der Waals surface area contributed by atoms with Crippen molar-refractivity contribution in [3.63, 3.8) is 0 Å². The fraction of sp³-hybridized carbons (Fsp3) is 0.0588. The van der Waals surface area contributed by atoms with Crippen LogP contribution < -0.4 is 5.32 Å². The average molecular weight is 295 g/mol. The molecule has 21 heavy (non-hydrogen) atoms. The van der Waals surface area contributed by atoms with Crippen LogP contribution >= 0.6 is 11.3 Å². The summed E-state index contributed by atoms with van der Waals surface area (Å²) in [5.74, 6) is -0.215. The third kappa shape index (κ3) is 2.71. The smallest absolute Gasteiger partial charge is 0.265 e. The summed E-state index contributed by atoms with van der Waals surface area (Å²) in [5.41, 5.74) is 0.774. The highest BCUT2D eigenvalue weighted by Gasteiger charge is 2.12. The lowest BCUT2D eigenvalue weighted by atomic mass is 10.1. The highest BCUT2D eigenvalue weighted by Crippen LogP contribution is 2.25. The quantitative estimate of drug-likeness (QED) is 0.730. The van der Waals surface area contributed by atoms with Crippen molar-refractivity contribution in [1.82, 2.24) is 0 Å². The van der Waals surface area contributed by atoms with E-state index in [2.05, 4.69) is 5.32 Å². The first-order chi connectivity index (χ1) is 10.1. The first-order valence-electron chi connectivity index (χ1n) is 6.55. The molecule has 2 aromatic carbocycles. The molecule has 0 bridgehead atoms. The number of nitrogens with one attached hydrogen (secondary N) is 1. The molecule has 1 N–H and O–H groups in total. The van der Waals surface area contributed by atoms with E-state index in [0.29, 0.717) is 9.75 Å². The van der Waals surface area contributed by atoms with Gasteiger partial charge in [-0.3, -0.25) is 9.59 Å². The number of hydrogen-bond donors (Lipinski definition) is 1. The van der Waals surface area contributed by atoms with Crippen molar-refractivity contribution in [3.05, 3.63) is 64.4 Å². The minimum Gasteiger partial charge on any atom is -0.321 e. The molecule has 0 saturated heterocycles. The Labute approximate surface area is 126 Å². The van der Waals surface area contributed by atoms with Crippen LogP contribution in [0.3, 0.4) is 0 Å². The lowest BCUT2D eigenvalue weighted by Crippen LogP contribution is -2.10. The summed E-state index contributed by atoms with van der Waals surface area (Å²) in [4.78, 5) is 24.7. The number of Topliss-reactive ketones (excluding diaryl/α,β-unsaturated/α-hetero) is 1. The highest BCUT2D eigenvalue weighted by molar-refractivity contribution is 7.16. The zero-order valence-electron chi connectivity index (χ0n) is 11.4. The van der Waals surface area contributed by atoms with Crippen LogP contribution in [0.15, 0.2) is 54.6 Å². The van der Waals surface area contributed by atoms with Crippen LogP contribution in [-0.4, -0.2) is 11.7 Å². The Morgan fingerprint density at radius 3 is 2.38 bits per heavy atom. The molecule has 104 valence electrons. The maximum Gasteiger partial charge on any atom is 0.265 e. The zero-order chi connectivity index (χ0) is 14.8. The Morgan fingerprint density at radius 2 is 1.62 bits per heavy atom. The van der Waals surface area contributed by atoms with Gasteiger partial charge in [0.15, 0.2) is 5.78 Å². The van der Waals surface area contributed by atoms with Crippen molar-refractivity contribution >= 4 is 39.5 Å². The Bertz CT molecular complexity index is 830. The second-order valence-electron chi connectivity index (χ2n) is 4.70. The van der Waals surface area contributed by atoms with E-state index in [1.807, 2.05) is 42.5 Å². The van der Waals surface area contributed by atoms with Crippen LogP contribution in [0.25, 0.3) is 10.8 Å². The van der Waals surface area contributed by atoms with Gasteiger partial charge in [-0.2, -0.15) is 0 Å². The molecule has 0 unspecified atom stereocenters. The van der Waals surface area contributed by atoms with Gasteiger partial charge in [-0.25, -0.2) is 0 Å². The number of carbonyl (C=O) groups is 2. The minimum absolute atomic E-state index is 0.0239. The fourth-order valence-corrected chi connectivity index (χ4v) is 2.96. The van der Waals surface area contributed by atoms with E-state index in [0.717, 1.165) is 16.5 Å². The van der Waals surface area contributed by atoms with Gasteiger partial charge in [-0.1, -0.05) is 36.4 Å². The maximum absolute atomic E-state index is 12.3. The second kappa shape index (κ2) is 5.50. The van der Waals surface area contributed by atoms with Crippen LogP contribution in [0.4, 0.5) is 5.69 Å². The second-order valence-corrected chi connectivity index (χ2v) is 5.78. The third-order valence-corrected chi connectivity index (χ3v) is 4.40. The van der Waals surface area contributed by atoms with Crippen molar-refractivity contribution in [2.45, 2.75) is 6.92 Å². The topological polar surface area (TPSA) is 46.2 Å². The van der Waals surface area contributed by atoms with Crippen LogP contribution in [0, 0.1) is 0 Å². The predicted octanol–water partition coefficient (Wildman–Crippen LogP) is 4.36. The molecule has 0 radical (unpaired) electrons. The molecule has 4 heteroatoms. The summed E-state index contributed by atoms with van der Waals surface area (Å²) in [6, 6.07) is 17.0. The summed E-state index contributed by atoms with van der Waals surface area (Å²) in [6.45, 7) is 1.50.